The first-order chi connectivity index (χ1) is 7.79. The molecule has 0 amide bonds. The first kappa shape index (κ1) is 11.6. The van der Waals surface area contributed by atoms with E-state index in [1.165, 1.54) is 31.7 Å². The first-order valence-corrected chi connectivity index (χ1v) is 6.18. The number of nitrogens with zero attached hydrogens (tertiary/aromatic N) is 3. The molecule has 1 aliphatic heterocycles. The number of hydrogen-bond acceptors (Lipinski definition) is 3. The minimum absolute atomic E-state index is 0.827. The van der Waals surface area contributed by atoms with Gasteiger partial charge in [-0.3, -0.25) is 0 Å². The van der Waals surface area contributed by atoms with Crippen molar-refractivity contribution in [3.63, 3.8) is 0 Å². The van der Waals surface area contributed by atoms with Gasteiger partial charge in [0.15, 0.2) is 0 Å². The van der Waals surface area contributed by atoms with Crippen LogP contribution in [0.5, 0.6) is 0 Å². The molecular weight excluding hydrogens is 200 g/mol. The zero-order valence-electron chi connectivity index (χ0n) is 10.3. The molecule has 0 spiro atoms. The molecule has 1 fully saturated rings. The molecule has 0 saturated carbocycles. The Bertz CT molecular complexity index is 321. The predicted molar refractivity (Wildman–Crippen MR) is 65.1 cm³/mol. The molecule has 2 rings (SSSR count). The zero-order chi connectivity index (χ0) is 11.4. The lowest BCUT2D eigenvalue weighted by Crippen LogP contribution is -2.26. The summed E-state index contributed by atoms with van der Waals surface area (Å²) < 4.78 is 2.07. The molecule has 0 radical (unpaired) electrons. The lowest BCUT2D eigenvalue weighted by atomic mass is 10.1. The van der Waals surface area contributed by atoms with E-state index in [1.54, 1.807) is 0 Å². The van der Waals surface area contributed by atoms with E-state index in [4.69, 9.17) is 0 Å². The SMILES string of the molecule is CCN1CCC(CNCc2cncn2C)C1. The van der Waals surface area contributed by atoms with Gasteiger partial charge in [0.2, 0.25) is 0 Å². The number of aryl methyl sites for hydroxylation is 1. The molecule has 1 N–H and O–H groups in total. The van der Waals surface area contributed by atoms with Gasteiger partial charge in [0.25, 0.3) is 0 Å². The van der Waals surface area contributed by atoms with E-state index >= 15 is 0 Å². The molecule has 90 valence electrons. The second-order valence-electron chi connectivity index (χ2n) is 4.67. The summed E-state index contributed by atoms with van der Waals surface area (Å²) in [7, 11) is 2.04. The minimum atomic E-state index is 0.827. The van der Waals surface area contributed by atoms with Crippen LogP contribution >= 0.6 is 0 Å². The van der Waals surface area contributed by atoms with E-state index < -0.39 is 0 Å². The Hall–Kier alpha value is -0.870. The zero-order valence-corrected chi connectivity index (χ0v) is 10.3. The molecule has 1 aromatic heterocycles. The molecule has 1 atom stereocenters. The highest BCUT2D eigenvalue weighted by atomic mass is 15.1. The summed E-state index contributed by atoms with van der Waals surface area (Å²) in [5, 5.41) is 3.53. The van der Waals surface area contributed by atoms with Crippen LogP contribution in [-0.2, 0) is 13.6 Å². The maximum absolute atomic E-state index is 4.11. The molecule has 0 bridgehead atoms. The molecule has 2 heterocycles. The summed E-state index contributed by atoms with van der Waals surface area (Å²) in [6, 6.07) is 0. The van der Waals surface area contributed by atoms with Crippen LogP contribution in [0.4, 0.5) is 0 Å². The van der Waals surface area contributed by atoms with Crippen molar-refractivity contribution < 1.29 is 0 Å². The highest BCUT2D eigenvalue weighted by Gasteiger charge is 2.20. The smallest absolute Gasteiger partial charge is 0.0945 e. The summed E-state index contributed by atoms with van der Waals surface area (Å²) in [6.07, 6.45) is 5.12. The van der Waals surface area contributed by atoms with E-state index in [-0.39, 0.29) is 0 Å². The number of nitrogens with one attached hydrogen (secondary N) is 1. The van der Waals surface area contributed by atoms with E-state index in [0.29, 0.717) is 0 Å². The van der Waals surface area contributed by atoms with Gasteiger partial charge >= 0.3 is 0 Å². The molecule has 4 heteroatoms. The fraction of sp³-hybridized carbons (Fsp3) is 0.750. The molecule has 0 aromatic carbocycles. The van der Waals surface area contributed by atoms with Crippen molar-refractivity contribution in [2.45, 2.75) is 19.9 Å². The quantitative estimate of drug-likeness (QED) is 0.802. The standard InChI is InChI=1S/C12H22N4/c1-3-16-5-4-11(9-16)6-13-7-12-8-14-10-15(12)2/h8,10-11,13H,3-7,9H2,1-2H3. The fourth-order valence-electron chi connectivity index (χ4n) is 2.33. The lowest BCUT2D eigenvalue weighted by molar-refractivity contribution is 0.338. The number of imidazole rings is 1. The third-order valence-corrected chi connectivity index (χ3v) is 3.47. The molecule has 4 nitrogen and oxygen atoms in total. The van der Waals surface area contributed by atoms with Crippen molar-refractivity contribution in [1.82, 2.24) is 19.8 Å². The van der Waals surface area contributed by atoms with E-state index in [2.05, 4.69) is 26.7 Å². The van der Waals surface area contributed by atoms with Gasteiger partial charge in [-0.25, -0.2) is 4.98 Å². The Kier molecular flexibility index (Phi) is 3.96. The summed E-state index contributed by atoms with van der Waals surface area (Å²) in [6.45, 7) is 8.02. The Balaban J connectivity index is 1.67. The third-order valence-electron chi connectivity index (χ3n) is 3.47. The van der Waals surface area contributed by atoms with Crippen molar-refractivity contribution in [2.75, 3.05) is 26.2 Å². The van der Waals surface area contributed by atoms with Gasteiger partial charge in [-0.05, 0) is 32.0 Å². The fourth-order valence-corrected chi connectivity index (χ4v) is 2.33. The average Bonchev–Trinajstić information content (AvgIpc) is 2.89. The third kappa shape index (κ3) is 2.83. The molecule has 1 saturated heterocycles. The van der Waals surface area contributed by atoms with Crippen LogP contribution in [-0.4, -0.2) is 40.6 Å². The van der Waals surface area contributed by atoms with E-state index in [9.17, 15) is 0 Å². The van der Waals surface area contributed by atoms with Crippen molar-refractivity contribution in [3.8, 4) is 0 Å². The minimum Gasteiger partial charge on any atom is -0.337 e. The van der Waals surface area contributed by atoms with E-state index in [0.717, 1.165) is 19.0 Å². The normalized spacial score (nSPS) is 21.8. The van der Waals surface area contributed by atoms with E-state index in [1.807, 2.05) is 19.6 Å². The largest absolute Gasteiger partial charge is 0.337 e. The maximum Gasteiger partial charge on any atom is 0.0945 e. The summed E-state index contributed by atoms with van der Waals surface area (Å²) in [5.74, 6) is 0.827. The van der Waals surface area contributed by atoms with Gasteiger partial charge in [0.1, 0.15) is 0 Å². The molecule has 16 heavy (non-hydrogen) atoms. The Morgan fingerprint density at radius 3 is 3.06 bits per heavy atom. The summed E-state index contributed by atoms with van der Waals surface area (Å²) in [4.78, 5) is 6.64. The topological polar surface area (TPSA) is 33.1 Å². The van der Waals surface area contributed by atoms with Gasteiger partial charge in [-0.2, -0.15) is 0 Å². The first-order valence-electron chi connectivity index (χ1n) is 6.18. The lowest BCUT2D eigenvalue weighted by Gasteiger charge is -2.13. The number of rotatable bonds is 5. The van der Waals surface area contributed by atoms with Crippen LogP contribution < -0.4 is 5.32 Å². The second kappa shape index (κ2) is 5.46. The van der Waals surface area contributed by atoms with Crippen LogP contribution in [0.25, 0.3) is 0 Å². The van der Waals surface area contributed by atoms with Gasteiger partial charge < -0.3 is 14.8 Å². The molecule has 1 aliphatic rings. The van der Waals surface area contributed by atoms with Crippen LogP contribution in [0.3, 0.4) is 0 Å². The summed E-state index contributed by atoms with van der Waals surface area (Å²) in [5.41, 5.74) is 1.25. The van der Waals surface area contributed by atoms with Crippen molar-refractivity contribution in [1.29, 1.82) is 0 Å². The molecule has 0 aliphatic carbocycles. The van der Waals surface area contributed by atoms with Gasteiger partial charge in [-0.1, -0.05) is 6.92 Å². The molecule has 1 unspecified atom stereocenters. The molecule has 1 aromatic rings. The van der Waals surface area contributed by atoms with Gasteiger partial charge in [-0.15, -0.1) is 0 Å². The van der Waals surface area contributed by atoms with Crippen molar-refractivity contribution in [2.24, 2.45) is 13.0 Å². The van der Waals surface area contributed by atoms with Crippen molar-refractivity contribution >= 4 is 0 Å². The number of hydrogen-bond donors (Lipinski definition) is 1. The monoisotopic (exact) mass is 222 g/mol. The Labute approximate surface area is 97.7 Å². The predicted octanol–water partition coefficient (Wildman–Crippen LogP) is 0.851. The highest BCUT2D eigenvalue weighted by Crippen LogP contribution is 2.14. The Morgan fingerprint density at radius 2 is 2.44 bits per heavy atom. The average molecular weight is 222 g/mol. The van der Waals surface area contributed by atoms with Crippen molar-refractivity contribution in [3.05, 3.63) is 18.2 Å². The van der Waals surface area contributed by atoms with Gasteiger partial charge in [0, 0.05) is 26.3 Å². The maximum atomic E-state index is 4.11. The number of likely N-dealkylation sites (tertiary alicyclic amines) is 1. The van der Waals surface area contributed by atoms with Gasteiger partial charge in [0.05, 0.1) is 12.0 Å². The van der Waals surface area contributed by atoms with Crippen LogP contribution in [0.1, 0.15) is 19.0 Å². The summed E-state index contributed by atoms with van der Waals surface area (Å²) >= 11 is 0. The van der Waals surface area contributed by atoms with Crippen LogP contribution in [0.15, 0.2) is 12.5 Å². The molecular formula is C12H22N4. The highest BCUT2D eigenvalue weighted by molar-refractivity contribution is 4.96. The van der Waals surface area contributed by atoms with Crippen LogP contribution in [0.2, 0.25) is 0 Å². The van der Waals surface area contributed by atoms with Crippen LogP contribution in [0, 0.1) is 5.92 Å². The Morgan fingerprint density at radius 1 is 1.56 bits per heavy atom. The second-order valence-corrected chi connectivity index (χ2v) is 4.67. The number of aromatic nitrogens is 2.